The van der Waals surface area contributed by atoms with Gasteiger partial charge in [0.15, 0.2) is 0 Å². The van der Waals surface area contributed by atoms with E-state index in [-0.39, 0.29) is 0 Å². The minimum Gasteiger partial charge on any atom is -0.116 e. The molecule has 0 radical (unpaired) electrons. The summed E-state index contributed by atoms with van der Waals surface area (Å²) in [6.45, 7) is 1.79. The van der Waals surface area contributed by atoms with Gasteiger partial charge in [0.1, 0.15) is 4.84 Å². The Morgan fingerprint density at radius 2 is 1.88 bits per heavy atom. The third kappa shape index (κ3) is 6.18. The van der Waals surface area contributed by atoms with Crippen molar-refractivity contribution in [3.63, 3.8) is 0 Å². The highest BCUT2D eigenvalue weighted by Gasteiger charge is 2.25. The first kappa shape index (κ1) is 17.2. The number of allylic oxidation sites excluding steroid dienone is 4. The van der Waals surface area contributed by atoms with Crippen LogP contribution in [0.4, 0.5) is 0 Å². The molecule has 0 unspecified atom stereocenters. The van der Waals surface area contributed by atoms with Gasteiger partial charge in [-0.25, -0.2) is 0 Å². The standard InChI is InChI=1S/C10H10BrCl5/c1-10(16,4-5-11)8(13)3-2-7(6-12)9(14)15/h2-6,8-9H,1H3/b3-2+,5-4-,7-6-/t8-,10-/m0/s1. The van der Waals surface area contributed by atoms with Crippen molar-refractivity contribution in [2.24, 2.45) is 0 Å². The highest BCUT2D eigenvalue weighted by atomic mass is 79.9. The minimum absolute atomic E-state index is 0.415. The molecule has 0 aliphatic rings. The van der Waals surface area contributed by atoms with E-state index in [1.807, 2.05) is 0 Å². The zero-order valence-electron chi connectivity index (χ0n) is 8.31. The van der Waals surface area contributed by atoms with E-state index < -0.39 is 15.1 Å². The fourth-order valence-electron chi connectivity index (χ4n) is 0.756. The van der Waals surface area contributed by atoms with E-state index in [1.54, 1.807) is 30.1 Å². The van der Waals surface area contributed by atoms with Crippen LogP contribution in [0.15, 0.2) is 34.3 Å². The largest absolute Gasteiger partial charge is 0.133 e. The molecular weight excluding hydrogens is 377 g/mol. The van der Waals surface area contributed by atoms with Crippen molar-refractivity contribution in [3.05, 3.63) is 34.3 Å². The predicted octanol–water partition coefficient (Wildman–Crippen LogP) is 5.98. The second-order valence-electron chi connectivity index (χ2n) is 3.11. The summed E-state index contributed by atoms with van der Waals surface area (Å²) in [6, 6.07) is 0. The fraction of sp³-hybridized carbons (Fsp3) is 0.400. The molecule has 0 rings (SSSR count). The van der Waals surface area contributed by atoms with Gasteiger partial charge >= 0.3 is 0 Å². The lowest BCUT2D eigenvalue weighted by Gasteiger charge is -2.21. The average Bonchev–Trinajstić information content (AvgIpc) is 2.17. The summed E-state index contributed by atoms with van der Waals surface area (Å²) < 4.78 is 0. The summed E-state index contributed by atoms with van der Waals surface area (Å²) in [4.78, 5) is 0.270. The first-order chi connectivity index (χ1) is 7.35. The molecule has 0 heterocycles. The summed E-state index contributed by atoms with van der Waals surface area (Å²) >= 11 is 32.3. The molecule has 0 nitrogen and oxygen atoms in total. The van der Waals surface area contributed by atoms with Crippen LogP contribution in [0.1, 0.15) is 6.92 Å². The highest BCUT2D eigenvalue weighted by molar-refractivity contribution is 9.11. The normalized spacial score (nSPS) is 19.6. The third-order valence-corrected chi connectivity index (χ3v) is 3.86. The Bertz CT molecular complexity index is 294. The maximum atomic E-state index is 6.17. The summed E-state index contributed by atoms with van der Waals surface area (Å²) in [5.41, 5.74) is 1.86. The van der Waals surface area contributed by atoms with Crippen LogP contribution in [-0.4, -0.2) is 15.1 Å². The van der Waals surface area contributed by atoms with E-state index >= 15 is 0 Å². The summed E-state index contributed by atoms with van der Waals surface area (Å²) in [5, 5.41) is -0.415. The lowest BCUT2D eigenvalue weighted by atomic mass is 10.1. The van der Waals surface area contributed by atoms with Gasteiger partial charge in [0.2, 0.25) is 0 Å². The lowest BCUT2D eigenvalue weighted by molar-refractivity contribution is 0.800. The van der Waals surface area contributed by atoms with Crippen LogP contribution < -0.4 is 0 Å². The minimum atomic E-state index is -0.701. The zero-order valence-corrected chi connectivity index (χ0v) is 13.7. The topological polar surface area (TPSA) is 0 Å². The van der Waals surface area contributed by atoms with Crippen LogP contribution >= 0.6 is 73.9 Å². The molecule has 6 heteroatoms. The second-order valence-corrected chi connectivity index (χ2v) is 6.24. The molecule has 0 saturated heterocycles. The molecule has 16 heavy (non-hydrogen) atoms. The molecule has 0 aliphatic heterocycles. The van der Waals surface area contributed by atoms with Crippen LogP contribution in [0.3, 0.4) is 0 Å². The summed E-state index contributed by atoms with van der Waals surface area (Å²) in [5.74, 6) is 0. The molecule has 0 aliphatic carbocycles. The molecule has 0 bridgehead atoms. The molecule has 92 valence electrons. The Balaban J connectivity index is 4.67. The Kier molecular flexibility index (Phi) is 8.88. The SMILES string of the molecule is C[C@](Cl)(/C=C\Br)[C@@H](Cl)/C=C/C(=C/Cl)C(Cl)Cl. The van der Waals surface area contributed by atoms with E-state index in [2.05, 4.69) is 15.9 Å². The Labute approximate surface area is 129 Å². The maximum Gasteiger partial charge on any atom is 0.133 e. The number of hydrogen-bond donors (Lipinski definition) is 0. The number of rotatable bonds is 5. The van der Waals surface area contributed by atoms with Crippen molar-refractivity contribution >= 4 is 73.9 Å². The lowest BCUT2D eigenvalue weighted by Crippen LogP contribution is -2.24. The van der Waals surface area contributed by atoms with E-state index in [9.17, 15) is 0 Å². The highest BCUT2D eigenvalue weighted by Crippen LogP contribution is 2.28. The van der Waals surface area contributed by atoms with Crippen molar-refractivity contribution in [1.29, 1.82) is 0 Å². The molecule has 0 spiro atoms. The van der Waals surface area contributed by atoms with Crippen LogP contribution in [0.2, 0.25) is 0 Å². The van der Waals surface area contributed by atoms with Crippen LogP contribution in [0, 0.1) is 0 Å². The van der Waals surface area contributed by atoms with E-state index in [0.29, 0.717) is 5.57 Å². The van der Waals surface area contributed by atoms with Crippen molar-refractivity contribution in [2.75, 3.05) is 0 Å². The first-order valence-electron chi connectivity index (χ1n) is 4.22. The van der Waals surface area contributed by atoms with Crippen molar-refractivity contribution in [1.82, 2.24) is 0 Å². The second kappa shape index (κ2) is 8.29. The van der Waals surface area contributed by atoms with Crippen LogP contribution in [0.25, 0.3) is 0 Å². The molecule has 0 aromatic rings. The molecule has 0 fully saturated rings. The molecule has 2 atom stereocenters. The van der Waals surface area contributed by atoms with Crippen molar-refractivity contribution in [2.45, 2.75) is 22.0 Å². The van der Waals surface area contributed by atoms with Gasteiger partial charge in [-0.3, -0.25) is 0 Å². The monoisotopic (exact) mass is 384 g/mol. The molecule has 0 saturated carbocycles. The summed E-state index contributed by atoms with van der Waals surface area (Å²) in [6.07, 6.45) is 5.07. The predicted molar refractivity (Wildman–Crippen MR) is 80.5 cm³/mol. The zero-order chi connectivity index (χ0) is 12.8. The Morgan fingerprint density at radius 3 is 2.25 bits per heavy atom. The molecule has 0 aromatic carbocycles. The van der Waals surface area contributed by atoms with Gasteiger partial charge in [-0.15, -0.1) is 46.4 Å². The number of hydrogen-bond acceptors (Lipinski definition) is 0. The maximum absolute atomic E-state index is 6.17. The van der Waals surface area contributed by atoms with Gasteiger partial charge in [0.25, 0.3) is 0 Å². The molecule has 0 N–H and O–H groups in total. The van der Waals surface area contributed by atoms with E-state index in [1.165, 1.54) is 5.54 Å². The summed E-state index contributed by atoms with van der Waals surface area (Å²) in [7, 11) is 0. The quantitative estimate of drug-likeness (QED) is 0.402. The Morgan fingerprint density at radius 1 is 1.31 bits per heavy atom. The van der Waals surface area contributed by atoms with Gasteiger partial charge in [0, 0.05) is 5.54 Å². The smallest absolute Gasteiger partial charge is 0.116 e. The van der Waals surface area contributed by atoms with Gasteiger partial charge < -0.3 is 0 Å². The number of halogens is 6. The van der Waals surface area contributed by atoms with Gasteiger partial charge in [-0.1, -0.05) is 45.8 Å². The van der Waals surface area contributed by atoms with Crippen molar-refractivity contribution in [3.8, 4) is 0 Å². The van der Waals surface area contributed by atoms with Crippen LogP contribution in [-0.2, 0) is 0 Å². The van der Waals surface area contributed by atoms with Gasteiger partial charge in [-0.05, 0) is 17.5 Å². The van der Waals surface area contributed by atoms with Gasteiger partial charge in [0.05, 0.1) is 10.3 Å². The van der Waals surface area contributed by atoms with E-state index in [4.69, 9.17) is 58.0 Å². The first-order valence-corrected chi connectivity index (χ1v) is 7.26. The van der Waals surface area contributed by atoms with Gasteiger partial charge in [-0.2, -0.15) is 0 Å². The number of alkyl halides is 4. The molecular formula is C10H10BrCl5. The molecule has 0 aromatic heterocycles. The van der Waals surface area contributed by atoms with E-state index in [0.717, 1.165) is 0 Å². The fourth-order valence-corrected chi connectivity index (χ4v) is 2.34. The average molecular weight is 387 g/mol. The van der Waals surface area contributed by atoms with Crippen LogP contribution in [0.5, 0.6) is 0 Å². The molecule has 0 amide bonds. The van der Waals surface area contributed by atoms with Crippen molar-refractivity contribution < 1.29 is 0 Å². The third-order valence-electron chi connectivity index (χ3n) is 1.76. The Hall–Kier alpha value is 1.15.